The van der Waals surface area contributed by atoms with Crippen molar-refractivity contribution in [3.63, 3.8) is 0 Å². The highest BCUT2D eigenvalue weighted by atomic mass is 32.1. The number of methoxy groups -OCH3 is 1. The highest BCUT2D eigenvalue weighted by Crippen LogP contribution is 2.29. The number of ether oxygens (including phenoxy) is 3. The summed E-state index contributed by atoms with van der Waals surface area (Å²) < 4.78 is 16.7. The molecule has 3 aromatic rings. The number of hydrogen-bond acceptors (Lipinski definition) is 7. The Balaban J connectivity index is 1.63. The third-order valence-electron chi connectivity index (χ3n) is 4.29. The van der Waals surface area contributed by atoms with Crippen LogP contribution in [0.5, 0.6) is 17.2 Å². The Morgan fingerprint density at radius 2 is 1.90 bits per heavy atom. The highest BCUT2D eigenvalue weighted by molar-refractivity contribution is 7.14. The van der Waals surface area contributed by atoms with Gasteiger partial charge in [0.05, 0.1) is 32.2 Å². The molecular weight excluding hydrogens is 398 g/mol. The molecule has 0 spiro atoms. The van der Waals surface area contributed by atoms with Gasteiger partial charge in [-0.25, -0.2) is 4.98 Å². The van der Waals surface area contributed by atoms with Crippen molar-refractivity contribution in [2.45, 2.75) is 26.7 Å². The normalized spacial score (nSPS) is 10.9. The first-order chi connectivity index (χ1) is 14.7. The zero-order valence-electron chi connectivity index (χ0n) is 17.6. The van der Waals surface area contributed by atoms with Crippen LogP contribution in [0.1, 0.15) is 32.3 Å². The van der Waals surface area contributed by atoms with Crippen LogP contribution in [0.15, 0.2) is 52.9 Å². The van der Waals surface area contributed by atoms with Crippen molar-refractivity contribution in [3.8, 4) is 28.5 Å². The van der Waals surface area contributed by atoms with Crippen molar-refractivity contribution >= 4 is 22.7 Å². The Morgan fingerprint density at radius 1 is 1.07 bits per heavy atom. The number of thiazole rings is 1. The number of aromatic nitrogens is 1. The molecule has 0 unspecified atom stereocenters. The van der Waals surface area contributed by atoms with Crippen LogP contribution < -0.4 is 19.6 Å². The summed E-state index contributed by atoms with van der Waals surface area (Å²) in [5, 5.41) is 7.03. The molecule has 1 heterocycles. The summed E-state index contributed by atoms with van der Waals surface area (Å²) in [6, 6.07) is 13.6. The minimum atomic E-state index is 0.580. The molecule has 0 saturated heterocycles. The van der Waals surface area contributed by atoms with Crippen LogP contribution in [0.3, 0.4) is 0 Å². The molecule has 3 rings (SSSR count). The van der Waals surface area contributed by atoms with E-state index in [1.165, 1.54) is 11.3 Å². The quantitative estimate of drug-likeness (QED) is 0.237. The zero-order valence-corrected chi connectivity index (χ0v) is 18.4. The van der Waals surface area contributed by atoms with Gasteiger partial charge in [0.1, 0.15) is 5.75 Å². The predicted octanol–water partition coefficient (Wildman–Crippen LogP) is 5.84. The molecule has 7 heteroatoms. The summed E-state index contributed by atoms with van der Waals surface area (Å²) in [6.07, 6.45) is 3.86. The molecule has 0 atom stereocenters. The van der Waals surface area contributed by atoms with E-state index in [-0.39, 0.29) is 0 Å². The summed E-state index contributed by atoms with van der Waals surface area (Å²) in [5.74, 6) is 2.32. The van der Waals surface area contributed by atoms with Crippen molar-refractivity contribution in [1.29, 1.82) is 0 Å². The highest BCUT2D eigenvalue weighted by Gasteiger charge is 2.07. The number of nitrogens with one attached hydrogen (secondary N) is 1. The van der Waals surface area contributed by atoms with Gasteiger partial charge in [0, 0.05) is 10.9 Å². The van der Waals surface area contributed by atoms with E-state index in [1.807, 2.05) is 54.8 Å². The van der Waals surface area contributed by atoms with Gasteiger partial charge in [-0.2, -0.15) is 5.10 Å². The molecule has 0 amide bonds. The second-order valence-electron chi connectivity index (χ2n) is 6.48. The van der Waals surface area contributed by atoms with E-state index in [0.29, 0.717) is 13.2 Å². The molecule has 0 bridgehead atoms. The number of hydrogen-bond donors (Lipinski definition) is 1. The Morgan fingerprint density at radius 3 is 2.63 bits per heavy atom. The van der Waals surface area contributed by atoms with Crippen molar-refractivity contribution in [1.82, 2.24) is 4.98 Å². The topological polar surface area (TPSA) is 65.0 Å². The summed E-state index contributed by atoms with van der Waals surface area (Å²) in [6.45, 7) is 5.37. The summed E-state index contributed by atoms with van der Waals surface area (Å²) >= 11 is 1.50. The van der Waals surface area contributed by atoms with Crippen LogP contribution in [0.25, 0.3) is 11.3 Å². The first-order valence-electron chi connectivity index (χ1n) is 10.0. The fraction of sp³-hybridized carbons (Fsp3) is 0.304. The number of hydrazone groups is 1. The first kappa shape index (κ1) is 21.6. The molecule has 30 heavy (non-hydrogen) atoms. The van der Waals surface area contributed by atoms with Gasteiger partial charge in [0.2, 0.25) is 5.13 Å². The maximum atomic E-state index is 5.82. The van der Waals surface area contributed by atoms with Crippen molar-refractivity contribution in [2.75, 3.05) is 25.7 Å². The fourth-order valence-corrected chi connectivity index (χ4v) is 3.37. The standard InChI is InChI=1S/C23H27N3O3S/c1-4-6-13-29-21-12-7-17(14-22(21)28-5-2)15-24-26-23-25-20(16-30-23)18-8-10-19(27-3)11-9-18/h7-12,14-16H,4-6,13H2,1-3H3,(H,25,26)/b24-15-. The third kappa shape index (κ3) is 5.97. The zero-order chi connectivity index (χ0) is 21.2. The fourth-order valence-electron chi connectivity index (χ4n) is 2.70. The predicted molar refractivity (Wildman–Crippen MR) is 123 cm³/mol. The van der Waals surface area contributed by atoms with Crippen LogP contribution in [-0.4, -0.2) is 31.5 Å². The third-order valence-corrected chi connectivity index (χ3v) is 5.03. The second kappa shape index (κ2) is 11.2. The first-order valence-corrected chi connectivity index (χ1v) is 10.9. The smallest absolute Gasteiger partial charge is 0.203 e. The van der Waals surface area contributed by atoms with Gasteiger partial charge in [-0.05, 0) is 61.4 Å². The second-order valence-corrected chi connectivity index (χ2v) is 7.34. The van der Waals surface area contributed by atoms with E-state index in [1.54, 1.807) is 13.3 Å². The summed E-state index contributed by atoms with van der Waals surface area (Å²) in [7, 11) is 1.65. The van der Waals surface area contributed by atoms with E-state index >= 15 is 0 Å². The lowest BCUT2D eigenvalue weighted by Crippen LogP contribution is -2.01. The van der Waals surface area contributed by atoms with Crippen molar-refractivity contribution in [3.05, 3.63) is 53.4 Å². The SMILES string of the molecule is CCCCOc1ccc(/C=N\Nc2nc(-c3ccc(OC)cc3)cs2)cc1OCC. The van der Waals surface area contributed by atoms with E-state index < -0.39 is 0 Å². The van der Waals surface area contributed by atoms with Gasteiger partial charge in [0.15, 0.2) is 11.5 Å². The minimum Gasteiger partial charge on any atom is -0.497 e. The number of unbranched alkanes of at least 4 members (excludes halogenated alkanes) is 1. The lowest BCUT2D eigenvalue weighted by atomic mass is 10.2. The number of rotatable bonds is 11. The van der Waals surface area contributed by atoms with E-state index in [9.17, 15) is 0 Å². The van der Waals surface area contributed by atoms with Crippen LogP contribution in [0, 0.1) is 0 Å². The molecule has 0 saturated carbocycles. The van der Waals surface area contributed by atoms with Gasteiger partial charge < -0.3 is 14.2 Å². The molecule has 0 aliphatic heterocycles. The molecule has 0 fully saturated rings. The van der Waals surface area contributed by atoms with Gasteiger partial charge in [0.25, 0.3) is 0 Å². The molecule has 2 aromatic carbocycles. The lowest BCUT2D eigenvalue weighted by molar-refractivity contribution is 0.272. The molecule has 0 aliphatic carbocycles. The molecule has 1 N–H and O–H groups in total. The van der Waals surface area contributed by atoms with Gasteiger partial charge in [-0.3, -0.25) is 5.43 Å². The van der Waals surface area contributed by atoms with E-state index in [4.69, 9.17) is 14.2 Å². The number of anilines is 1. The summed E-state index contributed by atoms with van der Waals surface area (Å²) in [4.78, 5) is 4.58. The van der Waals surface area contributed by atoms with Crippen LogP contribution in [0.4, 0.5) is 5.13 Å². The molecule has 0 radical (unpaired) electrons. The van der Waals surface area contributed by atoms with Crippen molar-refractivity contribution < 1.29 is 14.2 Å². The molecular formula is C23H27N3O3S. The Labute approximate surface area is 181 Å². The Bertz CT molecular complexity index is 955. The molecule has 0 aliphatic rings. The van der Waals surface area contributed by atoms with E-state index in [2.05, 4.69) is 22.4 Å². The van der Waals surface area contributed by atoms with Gasteiger partial charge in [-0.15, -0.1) is 11.3 Å². The van der Waals surface area contributed by atoms with Crippen LogP contribution in [0.2, 0.25) is 0 Å². The Kier molecular flexibility index (Phi) is 8.09. The minimum absolute atomic E-state index is 0.580. The lowest BCUT2D eigenvalue weighted by Gasteiger charge is -2.12. The molecule has 6 nitrogen and oxygen atoms in total. The molecule has 158 valence electrons. The van der Waals surface area contributed by atoms with Gasteiger partial charge >= 0.3 is 0 Å². The van der Waals surface area contributed by atoms with E-state index in [0.717, 1.165) is 52.0 Å². The average Bonchev–Trinajstić information content (AvgIpc) is 3.24. The Hall–Kier alpha value is -3.06. The summed E-state index contributed by atoms with van der Waals surface area (Å²) in [5.41, 5.74) is 5.84. The maximum absolute atomic E-state index is 5.82. The maximum Gasteiger partial charge on any atom is 0.203 e. The molecule has 1 aromatic heterocycles. The number of benzene rings is 2. The van der Waals surface area contributed by atoms with Crippen molar-refractivity contribution in [2.24, 2.45) is 5.10 Å². The monoisotopic (exact) mass is 425 g/mol. The van der Waals surface area contributed by atoms with Gasteiger partial charge in [-0.1, -0.05) is 13.3 Å². The number of nitrogens with zero attached hydrogens (tertiary/aromatic N) is 2. The largest absolute Gasteiger partial charge is 0.497 e. The van der Waals surface area contributed by atoms with Crippen LogP contribution in [-0.2, 0) is 0 Å². The average molecular weight is 426 g/mol. The van der Waals surface area contributed by atoms with Crippen LogP contribution >= 0.6 is 11.3 Å².